The fourth-order valence-electron chi connectivity index (χ4n) is 4.01. The van der Waals surface area contributed by atoms with Crippen molar-refractivity contribution in [1.82, 2.24) is 20.0 Å². The molecule has 0 saturated carbocycles. The molecule has 2 aromatic carbocycles. The molecule has 1 saturated heterocycles. The zero-order chi connectivity index (χ0) is 29.8. The molecule has 1 aromatic heterocycles. The smallest absolute Gasteiger partial charge is 0.238 e. The van der Waals surface area contributed by atoms with Crippen LogP contribution in [0.4, 0.5) is 10.2 Å². The van der Waals surface area contributed by atoms with Gasteiger partial charge in [-0.2, -0.15) is 0 Å². The molecule has 1 aliphatic rings. The minimum atomic E-state index is -0.190. The average Bonchev–Trinajstić information content (AvgIpc) is 3.58. The van der Waals surface area contributed by atoms with Crippen molar-refractivity contribution in [3.05, 3.63) is 71.5 Å². The van der Waals surface area contributed by atoms with Crippen LogP contribution in [0.15, 0.2) is 54.6 Å². The van der Waals surface area contributed by atoms with Gasteiger partial charge in [0.25, 0.3) is 0 Å². The number of benzene rings is 2. The number of hydrogen-bond acceptors (Lipinski definition) is 6. The second-order valence-electron chi connectivity index (χ2n) is 8.73. The zero-order valence-corrected chi connectivity index (χ0v) is 24.4. The second-order valence-corrected chi connectivity index (χ2v) is 8.73. The molecule has 218 valence electrons. The highest BCUT2D eigenvalue weighted by Gasteiger charge is 2.21. The maximum atomic E-state index is 12.7. The van der Waals surface area contributed by atoms with Gasteiger partial charge in [-0.25, -0.2) is 9.07 Å². The lowest BCUT2D eigenvalue weighted by atomic mass is 10.1. The number of hydrogen-bond donors (Lipinski definition) is 2. The van der Waals surface area contributed by atoms with Crippen LogP contribution >= 0.6 is 0 Å². The van der Waals surface area contributed by atoms with E-state index in [0.29, 0.717) is 18.5 Å². The van der Waals surface area contributed by atoms with Crippen LogP contribution in [0.2, 0.25) is 0 Å². The summed E-state index contributed by atoms with van der Waals surface area (Å²) >= 11 is 0. The molecule has 9 heteroatoms. The van der Waals surface area contributed by atoms with E-state index in [1.807, 2.05) is 75.0 Å². The van der Waals surface area contributed by atoms with E-state index in [1.165, 1.54) is 12.1 Å². The first-order chi connectivity index (χ1) is 19.5. The highest BCUT2D eigenvalue weighted by Crippen LogP contribution is 2.27. The lowest BCUT2D eigenvalue weighted by Crippen LogP contribution is -2.32. The predicted molar refractivity (Wildman–Crippen MR) is 161 cm³/mol. The fraction of sp³-hybridized carbons (Fsp3) is 0.419. The Hall–Kier alpha value is -3.87. The van der Waals surface area contributed by atoms with Gasteiger partial charge in [0.1, 0.15) is 11.6 Å². The summed E-state index contributed by atoms with van der Waals surface area (Å²) in [6.07, 6.45) is 10.7. The van der Waals surface area contributed by atoms with E-state index in [9.17, 15) is 9.18 Å². The molecule has 0 bridgehead atoms. The molecule has 2 N–H and O–H groups in total. The number of nitrogens with one attached hydrogen (secondary N) is 2. The van der Waals surface area contributed by atoms with Crippen molar-refractivity contribution >= 4 is 12.2 Å². The van der Waals surface area contributed by atoms with Gasteiger partial charge >= 0.3 is 0 Å². The molecule has 1 amide bonds. The van der Waals surface area contributed by atoms with Crippen LogP contribution in [0, 0.1) is 25.6 Å². The third-order valence-electron chi connectivity index (χ3n) is 6.09. The van der Waals surface area contributed by atoms with Crippen LogP contribution in [-0.2, 0) is 16.0 Å². The van der Waals surface area contributed by atoms with Crippen molar-refractivity contribution in [2.75, 3.05) is 52.3 Å². The molecule has 1 atom stereocenters. The van der Waals surface area contributed by atoms with E-state index in [-0.39, 0.29) is 5.82 Å². The Labute approximate surface area is 238 Å². The van der Waals surface area contributed by atoms with Gasteiger partial charge in [0.15, 0.2) is 0 Å². The highest BCUT2D eigenvalue weighted by molar-refractivity contribution is 5.54. The Balaban J connectivity index is 0.000000335. The largest absolute Gasteiger partial charge is 0.477 e. The van der Waals surface area contributed by atoms with Crippen LogP contribution in [-0.4, -0.2) is 74.1 Å². The third-order valence-corrected chi connectivity index (χ3v) is 6.09. The van der Waals surface area contributed by atoms with Crippen molar-refractivity contribution in [2.45, 2.75) is 39.7 Å². The zero-order valence-electron chi connectivity index (χ0n) is 24.4. The van der Waals surface area contributed by atoms with E-state index >= 15 is 0 Å². The van der Waals surface area contributed by atoms with Crippen molar-refractivity contribution < 1.29 is 18.7 Å². The van der Waals surface area contributed by atoms with Crippen LogP contribution in [0.1, 0.15) is 31.4 Å². The molecular formula is C31H44FN5O3. The number of para-hydroxylation sites is 1. The van der Waals surface area contributed by atoms with Gasteiger partial charge in [0.2, 0.25) is 12.3 Å². The first-order valence-electron chi connectivity index (χ1n) is 13.4. The number of carbonyl (C=O) groups is 1. The SMILES string of the molecule is C#C.CCOC.CCOc1nn(-c2ccccc2)c(NC)c1C.O=CNC1CCN(CCc2ccc(F)cc2)C1. The van der Waals surface area contributed by atoms with E-state index < -0.39 is 0 Å². The summed E-state index contributed by atoms with van der Waals surface area (Å²) in [6, 6.07) is 16.9. The summed E-state index contributed by atoms with van der Waals surface area (Å²) in [4.78, 5) is 12.6. The quantitative estimate of drug-likeness (QED) is 0.280. The number of rotatable bonds is 10. The van der Waals surface area contributed by atoms with Crippen LogP contribution in [0.3, 0.4) is 0 Å². The van der Waals surface area contributed by atoms with Crippen molar-refractivity contribution in [3.8, 4) is 24.4 Å². The van der Waals surface area contributed by atoms with Gasteiger partial charge in [-0.3, -0.25) is 4.79 Å². The molecular weight excluding hydrogens is 509 g/mol. The molecule has 1 aliphatic heterocycles. The average molecular weight is 554 g/mol. The lowest BCUT2D eigenvalue weighted by Gasteiger charge is -2.15. The summed E-state index contributed by atoms with van der Waals surface area (Å²) in [5.41, 5.74) is 3.20. The standard InChI is InChI=1S/C13H17FN2O.C13H17N3O.C3H8O.C2H2/c14-12-3-1-11(2-4-12)5-7-16-8-6-13(9-16)15-10-17;1-4-17-13-10(2)12(14-3)16(15-13)11-8-6-5-7-9-11;1-3-4-2;1-2/h1-4,10,13H,5-9H2,(H,15,17);5-9,14H,4H2,1-3H3;3H2,1-2H3;1-2H. The number of aromatic nitrogens is 2. The Morgan fingerprint density at radius 3 is 2.30 bits per heavy atom. The summed E-state index contributed by atoms with van der Waals surface area (Å²) < 4.78 is 24.6. The maximum absolute atomic E-state index is 12.7. The molecule has 4 rings (SSSR count). The van der Waals surface area contributed by atoms with Gasteiger partial charge in [-0.15, -0.1) is 17.9 Å². The number of halogens is 1. The molecule has 3 aromatic rings. The Morgan fingerprint density at radius 1 is 1.10 bits per heavy atom. The maximum Gasteiger partial charge on any atom is 0.238 e. The molecule has 8 nitrogen and oxygen atoms in total. The minimum absolute atomic E-state index is 0.190. The summed E-state index contributed by atoms with van der Waals surface area (Å²) in [6.45, 7) is 10.3. The van der Waals surface area contributed by atoms with E-state index in [2.05, 4.69) is 38.2 Å². The Kier molecular flexibility index (Phi) is 17.2. The number of nitrogens with zero attached hydrogens (tertiary/aromatic N) is 3. The van der Waals surface area contributed by atoms with Gasteiger partial charge < -0.3 is 25.0 Å². The van der Waals surface area contributed by atoms with E-state index in [4.69, 9.17) is 4.74 Å². The van der Waals surface area contributed by atoms with Crippen molar-refractivity contribution in [2.24, 2.45) is 0 Å². The van der Waals surface area contributed by atoms with E-state index in [1.54, 1.807) is 7.11 Å². The first-order valence-corrected chi connectivity index (χ1v) is 13.4. The van der Waals surface area contributed by atoms with E-state index in [0.717, 1.165) is 68.1 Å². The van der Waals surface area contributed by atoms with Crippen LogP contribution < -0.4 is 15.4 Å². The van der Waals surface area contributed by atoms with Gasteiger partial charge in [0.05, 0.1) is 17.9 Å². The number of ether oxygens (including phenoxy) is 2. The molecule has 40 heavy (non-hydrogen) atoms. The van der Waals surface area contributed by atoms with Gasteiger partial charge in [-0.1, -0.05) is 30.3 Å². The number of anilines is 1. The first kappa shape index (κ1) is 34.2. The van der Waals surface area contributed by atoms with Crippen LogP contribution in [0.25, 0.3) is 5.69 Å². The second kappa shape index (κ2) is 20.1. The molecule has 1 fully saturated rings. The summed E-state index contributed by atoms with van der Waals surface area (Å²) in [7, 11) is 3.57. The number of methoxy groups -OCH3 is 1. The van der Waals surface area contributed by atoms with Gasteiger partial charge in [-0.05, 0) is 63.4 Å². The van der Waals surface area contributed by atoms with Gasteiger partial charge in [0, 0.05) is 46.4 Å². The molecule has 2 heterocycles. The molecule has 1 unspecified atom stereocenters. The number of likely N-dealkylation sites (tertiary alicyclic amines) is 1. The Morgan fingerprint density at radius 2 is 1.75 bits per heavy atom. The van der Waals surface area contributed by atoms with Crippen molar-refractivity contribution in [1.29, 1.82) is 0 Å². The minimum Gasteiger partial charge on any atom is -0.477 e. The molecule has 0 radical (unpaired) electrons. The highest BCUT2D eigenvalue weighted by atomic mass is 19.1. The molecule has 0 spiro atoms. The Bertz CT molecular complexity index is 1100. The monoisotopic (exact) mass is 553 g/mol. The third kappa shape index (κ3) is 11.5. The fourth-order valence-corrected chi connectivity index (χ4v) is 4.01. The number of amides is 1. The number of carbonyl (C=O) groups excluding carboxylic acids is 1. The number of terminal acetylenes is 1. The van der Waals surface area contributed by atoms with Crippen molar-refractivity contribution in [3.63, 3.8) is 0 Å². The van der Waals surface area contributed by atoms with Crippen LogP contribution in [0.5, 0.6) is 5.88 Å². The summed E-state index contributed by atoms with van der Waals surface area (Å²) in [5.74, 6) is 1.45. The normalized spacial score (nSPS) is 13.8. The summed E-state index contributed by atoms with van der Waals surface area (Å²) in [5, 5.41) is 10.4. The predicted octanol–water partition coefficient (Wildman–Crippen LogP) is 4.71. The lowest BCUT2D eigenvalue weighted by molar-refractivity contribution is -0.110. The topological polar surface area (TPSA) is 80.6 Å². The molecule has 0 aliphatic carbocycles.